The highest BCUT2D eigenvalue weighted by Gasteiger charge is 2.45. The molecule has 0 saturated carbocycles. The van der Waals surface area contributed by atoms with Crippen LogP contribution in [0.2, 0.25) is 0 Å². The summed E-state index contributed by atoms with van der Waals surface area (Å²) in [5.41, 5.74) is 0. The standard InChI is InChI=1S/C26H52N2/c1-6-11-12-13-14-15-16-17-26(27-18-22(7-2)23(8-3)19-27)28-20-24(9-4)25(10-5)21-28/h22-26H,6-21H2,1-5H3/p+2. The number of unbranched alkanes of at least 4 members (excludes halogenated alkanes) is 6. The van der Waals surface area contributed by atoms with E-state index in [4.69, 9.17) is 0 Å². The molecule has 4 unspecified atom stereocenters. The SMILES string of the molecule is CCCCCCCCCC([NH+]1CC(CC)C(CC)C1)[NH+]1CC(CC)C(CC)C1. The highest BCUT2D eigenvalue weighted by Crippen LogP contribution is 2.23. The first-order valence-corrected chi connectivity index (χ1v) is 13.4. The zero-order chi connectivity index (χ0) is 20.4. The van der Waals surface area contributed by atoms with Crippen LogP contribution in [0.4, 0.5) is 0 Å². The maximum atomic E-state index is 2.44. The van der Waals surface area contributed by atoms with Crippen LogP contribution in [0, 0.1) is 23.7 Å². The Kier molecular flexibility index (Phi) is 11.5. The Morgan fingerprint density at radius 3 is 1.25 bits per heavy atom. The normalized spacial score (nSPS) is 34.2. The molecule has 0 amide bonds. The molecular weight excluding hydrogens is 340 g/mol. The van der Waals surface area contributed by atoms with Crippen molar-refractivity contribution in [2.75, 3.05) is 26.2 Å². The van der Waals surface area contributed by atoms with Crippen molar-refractivity contribution in [1.29, 1.82) is 0 Å². The number of likely N-dealkylation sites (tertiary alicyclic amines) is 2. The first-order chi connectivity index (χ1) is 13.7. The molecule has 4 atom stereocenters. The summed E-state index contributed by atoms with van der Waals surface area (Å²) in [5, 5.41) is 0. The van der Waals surface area contributed by atoms with Crippen molar-refractivity contribution in [1.82, 2.24) is 0 Å². The summed E-state index contributed by atoms with van der Waals surface area (Å²) in [6, 6.07) is 0. The van der Waals surface area contributed by atoms with Crippen molar-refractivity contribution < 1.29 is 9.80 Å². The molecular formula is C26H54N2+2. The first-order valence-electron chi connectivity index (χ1n) is 13.4. The van der Waals surface area contributed by atoms with Gasteiger partial charge >= 0.3 is 0 Å². The molecule has 0 aromatic heterocycles. The molecule has 2 heterocycles. The number of hydrogen-bond donors (Lipinski definition) is 2. The summed E-state index contributed by atoms with van der Waals surface area (Å²) in [6.07, 6.45) is 18.1. The van der Waals surface area contributed by atoms with Gasteiger partial charge in [-0.25, -0.2) is 0 Å². The van der Waals surface area contributed by atoms with Crippen LogP contribution < -0.4 is 9.80 Å². The Bertz CT molecular complexity index is 344. The third-order valence-corrected chi connectivity index (χ3v) is 8.61. The Labute approximate surface area is 177 Å². The van der Waals surface area contributed by atoms with Crippen molar-refractivity contribution in [2.45, 2.75) is 118 Å². The minimum atomic E-state index is 0.895. The van der Waals surface area contributed by atoms with E-state index in [1.807, 2.05) is 9.80 Å². The van der Waals surface area contributed by atoms with Gasteiger partial charge < -0.3 is 0 Å². The van der Waals surface area contributed by atoms with Gasteiger partial charge in [-0.15, -0.1) is 0 Å². The molecule has 0 radical (unpaired) electrons. The van der Waals surface area contributed by atoms with Crippen LogP contribution in [-0.2, 0) is 0 Å². The summed E-state index contributed by atoms with van der Waals surface area (Å²) < 4.78 is 0. The van der Waals surface area contributed by atoms with Gasteiger partial charge in [-0.05, 0) is 32.1 Å². The first kappa shape index (κ1) is 24.2. The van der Waals surface area contributed by atoms with Crippen LogP contribution in [-0.4, -0.2) is 32.3 Å². The lowest BCUT2D eigenvalue weighted by Crippen LogP contribution is -3.35. The molecule has 0 aliphatic carbocycles. The van der Waals surface area contributed by atoms with Gasteiger partial charge in [0, 0.05) is 23.7 Å². The maximum Gasteiger partial charge on any atom is 0.213 e. The highest BCUT2D eigenvalue weighted by atomic mass is 15.4. The molecule has 2 fully saturated rings. The number of quaternary nitrogens is 2. The van der Waals surface area contributed by atoms with E-state index in [0.29, 0.717) is 0 Å². The van der Waals surface area contributed by atoms with Crippen LogP contribution in [0.3, 0.4) is 0 Å². The summed E-state index contributed by atoms with van der Waals surface area (Å²) in [4.78, 5) is 3.98. The molecule has 166 valence electrons. The van der Waals surface area contributed by atoms with Crippen molar-refractivity contribution in [3.05, 3.63) is 0 Å². The van der Waals surface area contributed by atoms with Crippen LogP contribution in [0.25, 0.3) is 0 Å². The van der Waals surface area contributed by atoms with E-state index in [2.05, 4.69) is 34.6 Å². The van der Waals surface area contributed by atoms with Gasteiger partial charge in [0.15, 0.2) is 0 Å². The van der Waals surface area contributed by atoms with Crippen LogP contribution in [0.15, 0.2) is 0 Å². The molecule has 28 heavy (non-hydrogen) atoms. The molecule has 2 saturated heterocycles. The Morgan fingerprint density at radius 1 is 0.536 bits per heavy atom. The largest absolute Gasteiger partial charge is 0.286 e. The van der Waals surface area contributed by atoms with E-state index in [9.17, 15) is 0 Å². The lowest BCUT2D eigenvalue weighted by molar-refractivity contribution is -1.11. The summed E-state index contributed by atoms with van der Waals surface area (Å²) in [6.45, 7) is 17.9. The molecule has 0 aromatic carbocycles. The summed E-state index contributed by atoms with van der Waals surface area (Å²) >= 11 is 0. The quantitative estimate of drug-likeness (QED) is 0.405. The van der Waals surface area contributed by atoms with E-state index in [1.54, 1.807) is 0 Å². The van der Waals surface area contributed by atoms with Gasteiger partial charge in [-0.2, -0.15) is 0 Å². The van der Waals surface area contributed by atoms with Crippen LogP contribution >= 0.6 is 0 Å². The second-order valence-electron chi connectivity index (χ2n) is 10.3. The van der Waals surface area contributed by atoms with Crippen molar-refractivity contribution in [3.8, 4) is 0 Å². The minimum Gasteiger partial charge on any atom is -0.286 e. The third-order valence-electron chi connectivity index (χ3n) is 8.61. The zero-order valence-corrected chi connectivity index (χ0v) is 20.2. The summed E-state index contributed by atoms with van der Waals surface area (Å²) in [5.74, 6) is 3.95. The van der Waals surface area contributed by atoms with Gasteiger partial charge in [0.1, 0.15) is 0 Å². The second-order valence-corrected chi connectivity index (χ2v) is 10.3. The topological polar surface area (TPSA) is 8.88 Å². The van der Waals surface area contributed by atoms with Crippen LogP contribution in [0.1, 0.15) is 112 Å². The molecule has 0 aromatic rings. The highest BCUT2D eigenvalue weighted by molar-refractivity contribution is 4.74. The van der Waals surface area contributed by atoms with E-state index >= 15 is 0 Å². The fourth-order valence-corrected chi connectivity index (χ4v) is 6.66. The van der Waals surface area contributed by atoms with Gasteiger partial charge in [-0.1, -0.05) is 73.1 Å². The fourth-order valence-electron chi connectivity index (χ4n) is 6.66. The molecule has 2 rings (SSSR count). The van der Waals surface area contributed by atoms with Crippen molar-refractivity contribution in [3.63, 3.8) is 0 Å². The fraction of sp³-hybridized carbons (Fsp3) is 1.00. The summed E-state index contributed by atoms with van der Waals surface area (Å²) in [7, 11) is 0. The van der Waals surface area contributed by atoms with Crippen molar-refractivity contribution >= 4 is 0 Å². The van der Waals surface area contributed by atoms with E-state index < -0.39 is 0 Å². The number of rotatable bonds is 14. The molecule has 2 N–H and O–H groups in total. The average molecular weight is 395 g/mol. The number of nitrogens with one attached hydrogen (secondary N) is 2. The lowest BCUT2D eigenvalue weighted by atomic mass is 9.92. The van der Waals surface area contributed by atoms with Crippen molar-refractivity contribution in [2.24, 2.45) is 23.7 Å². The predicted molar refractivity (Wildman–Crippen MR) is 123 cm³/mol. The van der Waals surface area contributed by atoms with Gasteiger partial charge in [-0.3, -0.25) is 9.80 Å². The smallest absolute Gasteiger partial charge is 0.213 e. The van der Waals surface area contributed by atoms with Gasteiger partial charge in [0.05, 0.1) is 32.6 Å². The molecule has 0 bridgehead atoms. The minimum absolute atomic E-state index is 0.895. The Hall–Kier alpha value is -0.0800. The number of hydrogen-bond acceptors (Lipinski definition) is 0. The molecule has 2 aliphatic rings. The average Bonchev–Trinajstić information content (AvgIpc) is 3.33. The van der Waals surface area contributed by atoms with Gasteiger partial charge in [0.25, 0.3) is 0 Å². The molecule has 2 nitrogen and oxygen atoms in total. The van der Waals surface area contributed by atoms with E-state index in [-0.39, 0.29) is 0 Å². The van der Waals surface area contributed by atoms with Gasteiger partial charge in [0.2, 0.25) is 6.17 Å². The maximum absolute atomic E-state index is 2.44. The second kappa shape index (κ2) is 13.3. The monoisotopic (exact) mass is 394 g/mol. The van der Waals surface area contributed by atoms with E-state index in [1.165, 1.54) is 103 Å². The Morgan fingerprint density at radius 2 is 0.893 bits per heavy atom. The van der Waals surface area contributed by atoms with Crippen LogP contribution in [0.5, 0.6) is 0 Å². The zero-order valence-electron chi connectivity index (χ0n) is 20.2. The third kappa shape index (κ3) is 6.73. The molecule has 0 spiro atoms. The predicted octanol–water partition coefficient (Wildman–Crippen LogP) is 4.36. The van der Waals surface area contributed by atoms with E-state index in [0.717, 1.165) is 29.8 Å². The molecule has 2 heteroatoms. The Balaban J connectivity index is 1.92. The molecule has 2 aliphatic heterocycles. The lowest BCUT2D eigenvalue weighted by Gasteiger charge is -2.30.